The van der Waals surface area contributed by atoms with Gasteiger partial charge in [0.1, 0.15) is 18.4 Å². The van der Waals surface area contributed by atoms with E-state index in [1.165, 1.54) is 17.6 Å². The van der Waals surface area contributed by atoms with Crippen LogP contribution >= 0.6 is 0 Å². The Morgan fingerprint density at radius 3 is 2.32 bits per heavy atom. The van der Waals surface area contributed by atoms with Crippen LogP contribution in [0.3, 0.4) is 0 Å². The third-order valence-electron chi connectivity index (χ3n) is 5.64. The molecule has 4 rings (SSSR count). The van der Waals surface area contributed by atoms with Gasteiger partial charge in [-0.2, -0.15) is 0 Å². The molecule has 0 amide bonds. The van der Waals surface area contributed by atoms with E-state index in [-0.39, 0.29) is 0 Å². The lowest BCUT2D eigenvalue weighted by molar-refractivity contribution is -0.0980. The average Bonchev–Trinajstić information content (AvgIpc) is 3.17. The van der Waals surface area contributed by atoms with Crippen LogP contribution in [0, 0.1) is 0 Å². The molecule has 2 N–H and O–H groups in total. The fraction of sp³-hybridized carbons (Fsp3) is 0.529. The molecule has 1 aliphatic carbocycles. The van der Waals surface area contributed by atoms with E-state index in [2.05, 4.69) is 78.3 Å². The molecule has 7 heteroatoms. The zero-order chi connectivity index (χ0) is 31.6. The first-order valence-corrected chi connectivity index (χ1v) is 15.3. The summed E-state index contributed by atoms with van der Waals surface area (Å²) in [6.07, 6.45) is 18.5. The number of nitrogens with one attached hydrogen (secondary N) is 2. The first kappa shape index (κ1) is 39.8. The van der Waals surface area contributed by atoms with Crippen molar-refractivity contribution >= 4 is 23.9 Å². The zero-order valence-corrected chi connectivity index (χ0v) is 27.9. The second kappa shape index (κ2) is 25.6. The largest absolute Gasteiger partial charge is 0.385 e. The van der Waals surface area contributed by atoms with Crippen LogP contribution in [0.15, 0.2) is 75.2 Å². The van der Waals surface area contributed by atoms with Crippen molar-refractivity contribution < 1.29 is 4.79 Å². The molecule has 3 heterocycles. The predicted octanol–water partition coefficient (Wildman–Crippen LogP) is 7.75. The van der Waals surface area contributed by atoms with Gasteiger partial charge in [0, 0.05) is 31.2 Å². The Hall–Kier alpha value is -3.32. The molecule has 0 atom stereocenters. The van der Waals surface area contributed by atoms with Crippen LogP contribution in [0.25, 0.3) is 5.57 Å². The fourth-order valence-electron chi connectivity index (χ4n) is 3.90. The number of fused-ring (bicyclic) bond motifs is 1. The van der Waals surface area contributed by atoms with E-state index in [4.69, 9.17) is 14.8 Å². The number of rotatable bonds is 3. The molecule has 41 heavy (non-hydrogen) atoms. The van der Waals surface area contributed by atoms with Crippen LogP contribution in [-0.4, -0.2) is 54.6 Å². The average molecular weight is 567 g/mol. The summed E-state index contributed by atoms with van der Waals surface area (Å²) in [5.41, 5.74) is 6.80. The Kier molecular flexibility index (Phi) is 24.9. The van der Waals surface area contributed by atoms with Crippen molar-refractivity contribution in [2.75, 3.05) is 26.7 Å². The first-order chi connectivity index (χ1) is 20.1. The lowest BCUT2D eigenvalue weighted by Crippen LogP contribution is -2.11. The number of hydrogen-bond donors (Lipinski definition) is 2. The van der Waals surface area contributed by atoms with Gasteiger partial charge in [0.25, 0.3) is 0 Å². The van der Waals surface area contributed by atoms with Crippen LogP contribution in [0.2, 0.25) is 0 Å². The molecule has 0 unspecified atom stereocenters. The van der Waals surface area contributed by atoms with Gasteiger partial charge in [-0.15, -0.1) is 0 Å². The highest BCUT2D eigenvalue weighted by molar-refractivity contribution is 6.36. The zero-order valence-electron chi connectivity index (χ0n) is 27.9. The molecule has 0 spiro atoms. The minimum Gasteiger partial charge on any atom is -0.385 e. The molecule has 0 fully saturated rings. The maximum atomic E-state index is 8.00. The monoisotopic (exact) mass is 566 g/mol. The number of amidine groups is 1. The van der Waals surface area contributed by atoms with Gasteiger partial charge in [0.2, 0.25) is 0 Å². The second-order valence-electron chi connectivity index (χ2n) is 8.43. The van der Waals surface area contributed by atoms with Gasteiger partial charge in [0.15, 0.2) is 0 Å². The molecule has 230 valence electrons. The smallest absolute Gasteiger partial charge is 0.144 e. The molecule has 0 radical (unpaired) electrons. The summed E-state index contributed by atoms with van der Waals surface area (Å²) in [6.45, 7) is 25.7. The lowest BCUT2D eigenvalue weighted by atomic mass is 9.94. The molecule has 0 saturated carbocycles. The van der Waals surface area contributed by atoms with Crippen LogP contribution in [0.1, 0.15) is 94.3 Å². The minimum absolute atomic E-state index is 0.643. The minimum atomic E-state index is 0.643. The highest BCUT2D eigenvalue weighted by atomic mass is 16.1. The predicted molar refractivity (Wildman–Crippen MR) is 182 cm³/mol. The highest BCUT2D eigenvalue weighted by Gasteiger charge is 2.25. The SMILES string of the molecule is C=O.CC.CC.CC.CCN=C1Cn2ccnc2/C(=C2/C=C(C)CNC(C)=C2)C(C2=CCCCC=C2)=N1.CCNC. The van der Waals surface area contributed by atoms with Crippen LogP contribution in [0.5, 0.6) is 0 Å². The molecule has 2 aliphatic heterocycles. The van der Waals surface area contributed by atoms with E-state index in [1.54, 1.807) is 0 Å². The second-order valence-corrected chi connectivity index (χ2v) is 8.43. The van der Waals surface area contributed by atoms with Crippen molar-refractivity contribution in [3.63, 3.8) is 0 Å². The maximum absolute atomic E-state index is 8.00. The topological polar surface area (TPSA) is 83.7 Å². The number of nitrogens with zero attached hydrogens (tertiary/aromatic N) is 4. The summed E-state index contributed by atoms with van der Waals surface area (Å²) in [7, 11) is 1.93. The number of hydrogen-bond acceptors (Lipinski definition) is 5. The first-order valence-electron chi connectivity index (χ1n) is 15.3. The van der Waals surface area contributed by atoms with E-state index < -0.39 is 0 Å². The standard InChI is InChI=1S/C24H29N5.C3H9N.3C2H6.CH2O/c1-4-25-21-16-29-12-11-26-24(29)22(20-13-17(2)15-27-18(3)14-20)23(28-21)19-9-7-5-6-8-10-19;1-3-4-2;4*1-2/h7,9-14,27H,4-6,8,15-16H2,1-3H3;4H,3H2,1-2H3;3*1-2H3;1H2/b22-20-,25-21?;;;;;. The number of allylic oxidation sites excluding steroid dienone is 9. The third kappa shape index (κ3) is 13.7. The molecule has 1 aromatic rings. The highest BCUT2D eigenvalue weighted by Crippen LogP contribution is 2.30. The Morgan fingerprint density at radius 2 is 1.71 bits per heavy atom. The van der Waals surface area contributed by atoms with Crippen LogP contribution in [0.4, 0.5) is 0 Å². The van der Waals surface area contributed by atoms with E-state index in [1.807, 2.05) is 67.8 Å². The number of aromatic nitrogens is 2. The number of carbonyl (C=O) groups excluding carboxylic acids is 1. The fourth-order valence-corrected chi connectivity index (χ4v) is 3.90. The van der Waals surface area contributed by atoms with Gasteiger partial charge in [0.05, 0.1) is 17.8 Å². The quantitative estimate of drug-likeness (QED) is 0.392. The van der Waals surface area contributed by atoms with E-state index in [0.29, 0.717) is 6.54 Å². The molecule has 1 aromatic heterocycles. The third-order valence-corrected chi connectivity index (χ3v) is 5.64. The van der Waals surface area contributed by atoms with Gasteiger partial charge in [-0.25, -0.2) is 9.98 Å². The van der Waals surface area contributed by atoms with Gasteiger partial charge in [-0.3, -0.25) is 4.99 Å². The van der Waals surface area contributed by atoms with Crippen molar-refractivity contribution in [2.45, 2.75) is 95.0 Å². The molecule has 0 bridgehead atoms. The van der Waals surface area contributed by atoms with E-state index in [0.717, 1.165) is 66.7 Å². The molecule has 0 aromatic carbocycles. The van der Waals surface area contributed by atoms with Crippen molar-refractivity contribution in [1.29, 1.82) is 0 Å². The summed E-state index contributed by atoms with van der Waals surface area (Å²) in [4.78, 5) is 22.5. The van der Waals surface area contributed by atoms with Gasteiger partial charge in [-0.1, -0.05) is 78.3 Å². The molecule has 3 aliphatic rings. The Bertz CT molecular complexity index is 1040. The molecular formula is C34H58N6O. The Morgan fingerprint density at radius 1 is 1.05 bits per heavy atom. The summed E-state index contributed by atoms with van der Waals surface area (Å²) in [6, 6.07) is 0. The van der Waals surface area contributed by atoms with E-state index >= 15 is 0 Å². The van der Waals surface area contributed by atoms with Gasteiger partial charge in [-0.05, 0) is 70.8 Å². The summed E-state index contributed by atoms with van der Waals surface area (Å²) >= 11 is 0. The van der Waals surface area contributed by atoms with Gasteiger partial charge >= 0.3 is 0 Å². The summed E-state index contributed by atoms with van der Waals surface area (Å²) < 4.78 is 2.17. The van der Waals surface area contributed by atoms with E-state index in [9.17, 15) is 0 Å². The van der Waals surface area contributed by atoms with Crippen molar-refractivity contribution in [3.8, 4) is 0 Å². The summed E-state index contributed by atoms with van der Waals surface area (Å²) in [5.74, 6) is 1.80. The van der Waals surface area contributed by atoms with Crippen molar-refractivity contribution in [2.24, 2.45) is 9.98 Å². The Labute approximate surface area is 251 Å². The van der Waals surface area contributed by atoms with Crippen molar-refractivity contribution in [1.82, 2.24) is 20.2 Å². The maximum Gasteiger partial charge on any atom is 0.144 e. The summed E-state index contributed by atoms with van der Waals surface area (Å²) in [5, 5.41) is 6.40. The number of carbonyl (C=O) groups is 1. The molecule has 0 saturated heterocycles. The number of imidazole rings is 1. The molecule has 7 nitrogen and oxygen atoms in total. The Balaban J connectivity index is 0. The number of aliphatic imine (C=N–C) groups is 2. The van der Waals surface area contributed by atoms with Crippen LogP contribution in [-0.2, 0) is 11.3 Å². The van der Waals surface area contributed by atoms with Crippen LogP contribution < -0.4 is 10.6 Å². The molecular weight excluding hydrogens is 508 g/mol. The van der Waals surface area contributed by atoms with Gasteiger partial charge < -0.3 is 20.0 Å². The normalized spacial score (nSPS) is 18.1. The lowest BCUT2D eigenvalue weighted by Gasteiger charge is -2.13. The van der Waals surface area contributed by atoms with Crippen molar-refractivity contribution in [3.05, 3.63) is 71.0 Å².